The van der Waals surface area contributed by atoms with E-state index in [1.807, 2.05) is 0 Å². The number of nitrogens with one attached hydrogen (secondary N) is 1. The molecule has 0 fully saturated rings. The first-order valence-electron chi connectivity index (χ1n) is 3.66. The van der Waals surface area contributed by atoms with E-state index in [2.05, 4.69) is 5.32 Å². The number of amides is 2. The number of nitrogens with two attached hydrogens (primary N) is 2. The van der Waals surface area contributed by atoms with Crippen LogP contribution >= 0.6 is 23.8 Å². The lowest BCUT2D eigenvalue weighted by molar-refractivity contribution is 0.259. The molecule has 0 aliphatic heterocycles. The maximum Gasteiger partial charge on any atom is 0.316 e. The summed E-state index contributed by atoms with van der Waals surface area (Å²) in [4.78, 5) is 10.8. The number of carbonyl (C=O) groups excluding carboxylic acids is 1. The molecule has 0 heterocycles. The Kier molecular flexibility index (Phi) is 3.27. The highest BCUT2D eigenvalue weighted by Crippen LogP contribution is 2.20. The first kappa shape index (κ1) is 10.7. The molecule has 0 atom stereocenters. The number of urea groups is 1. The quantitative estimate of drug-likeness (QED) is 0.672. The Morgan fingerprint density at radius 2 is 2.07 bits per heavy atom. The summed E-state index contributed by atoms with van der Waals surface area (Å²) in [5.74, 6) is 0. The van der Waals surface area contributed by atoms with E-state index in [4.69, 9.17) is 35.3 Å². The molecule has 1 aromatic carbocycles. The Morgan fingerprint density at radius 3 is 2.57 bits per heavy atom. The lowest BCUT2D eigenvalue weighted by Crippen LogP contribution is -2.22. The van der Waals surface area contributed by atoms with Gasteiger partial charge in [-0.1, -0.05) is 23.8 Å². The topological polar surface area (TPSA) is 81.1 Å². The number of rotatable bonds is 2. The van der Waals surface area contributed by atoms with Gasteiger partial charge in [0.1, 0.15) is 4.99 Å². The van der Waals surface area contributed by atoms with Gasteiger partial charge in [0, 0.05) is 10.6 Å². The number of carbonyl (C=O) groups is 1. The van der Waals surface area contributed by atoms with Crippen LogP contribution in [0.5, 0.6) is 0 Å². The SMILES string of the molecule is NC(=O)Nc1cc(Cl)ccc1C(N)=S. The zero-order chi connectivity index (χ0) is 10.7. The Hall–Kier alpha value is -1.33. The summed E-state index contributed by atoms with van der Waals surface area (Å²) in [6.07, 6.45) is 0. The van der Waals surface area contributed by atoms with Crippen molar-refractivity contribution in [3.05, 3.63) is 28.8 Å². The Bertz CT molecular complexity index is 394. The van der Waals surface area contributed by atoms with Crippen LogP contribution in [-0.2, 0) is 0 Å². The molecule has 0 aliphatic carbocycles. The van der Waals surface area contributed by atoms with Crippen LogP contribution in [-0.4, -0.2) is 11.0 Å². The normalized spacial score (nSPS) is 9.50. The van der Waals surface area contributed by atoms with E-state index < -0.39 is 6.03 Å². The van der Waals surface area contributed by atoms with Gasteiger partial charge < -0.3 is 16.8 Å². The molecule has 74 valence electrons. The second kappa shape index (κ2) is 4.26. The number of hydrogen-bond donors (Lipinski definition) is 3. The number of benzene rings is 1. The summed E-state index contributed by atoms with van der Waals surface area (Å²) >= 11 is 10.5. The number of thiocarbonyl (C=S) groups is 1. The Labute approximate surface area is 91.2 Å². The molecule has 5 N–H and O–H groups in total. The van der Waals surface area contributed by atoms with Crippen molar-refractivity contribution < 1.29 is 4.79 Å². The molecule has 4 nitrogen and oxygen atoms in total. The molecule has 0 saturated heterocycles. The number of anilines is 1. The van der Waals surface area contributed by atoms with E-state index in [1.165, 1.54) is 6.07 Å². The molecule has 0 radical (unpaired) electrons. The lowest BCUT2D eigenvalue weighted by atomic mass is 10.2. The Balaban J connectivity index is 3.15. The standard InChI is InChI=1S/C8H8ClN3OS/c9-4-1-2-5(7(10)14)6(3-4)12-8(11)13/h1-3H,(H2,10,14)(H3,11,12,13). The van der Waals surface area contributed by atoms with E-state index in [0.29, 0.717) is 16.3 Å². The van der Waals surface area contributed by atoms with E-state index >= 15 is 0 Å². The van der Waals surface area contributed by atoms with Gasteiger partial charge in [-0.2, -0.15) is 0 Å². The maximum atomic E-state index is 10.6. The van der Waals surface area contributed by atoms with Gasteiger partial charge in [-0.3, -0.25) is 0 Å². The summed E-state index contributed by atoms with van der Waals surface area (Å²) in [7, 11) is 0. The fraction of sp³-hybridized carbons (Fsp3) is 0. The van der Waals surface area contributed by atoms with Gasteiger partial charge in [-0.05, 0) is 18.2 Å². The highest BCUT2D eigenvalue weighted by atomic mass is 35.5. The predicted molar refractivity (Wildman–Crippen MR) is 60.5 cm³/mol. The highest BCUT2D eigenvalue weighted by Gasteiger charge is 2.07. The van der Waals surface area contributed by atoms with Crippen LogP contribution in [0.15, 0.2) is 18.2 Å². The minimum Gasteiger partial charge on any atom is -0.389 e. The van der Waals surface area contributed by atoms with Crippen LogP contribution in [0.4, 0.5) is 10.5 Å². The maximum absolute atomic E-state index is 10.6. The summed E-state index contributed by atoms with van der Waals surface area (Å²) in [5, 5.41) is 2.85. The summed E-state index contributed by atoms with van der Waals surface area (Å²) in [6.45, 7) is 0. The van der Waals surface area contributed by atoms with Gasteiger partial charge >= 0.3 is 6.03 Å². The zero-order valence-corrected chi connectivity index (χ0v) is 8.65. The van der Waals surface area contributed by atoms with Crippen LogP contribution < -0.4 is 16.8 Å². The molecule has 1 rings (SSSR count). The summed E-state index contributed by atoms with van der Waals surface area (Å²) in [6, 6.07) is 4.09. The van der Waals surface area contributed by atoms with Gasteiger partial charge in [0.15, 0.2) is 0 Å². The van der Waals surface area contributed by atoms with Crippen molar-refractivity contribution in [3.63, 3.8) is 0 Å². The molecule has 0 unspecified atom stereocenters. The minimum absolute atomic E-state index is 0.172. The van der Waals surface area contributed by atoms with Crippen molar-refractivity contribution in [1.82, 2.24) is 0 Å². The van der Waals surface area contributed by atoms with Gasteiger partial charge in [-0.15, -0.1) is 0 Å². The van der Waals surface area contributed by atoms with Crippen LogP contribution in [0.3, 0.4) is 0 Å². The van der Waals surface area contributed by atoms with Crippen LogP contribution in [0.2, 0.25) is 5.02 Å². The minimum atomic E-state index is -0.690. The number of hydrogen-bond acceptors (Lipinski definition) is 2. The zero-order valence-electron chi connectivity index (χ0n) is 7.08. The number of primary amides is 1. The fourth-order valence-corrected chi connectivity index (χ4v) is 1.32. The smallest absolute Gasteiger partial charge is 0.316 e. The van der Waals surface area contributed by atoms with E-state index in [-0.39, 0.29) is 4.99 Å². The van der Waals surface area contributed by atoms with Gasteiger partial charge in [0.2, 0.25) is 0 Å². The largest absolute Gasteiger partial charge is 0.389 e. The molecular weight excluding hydrogens is 222 g/mol. The van der Waals surface area contributed by atoms with Crippen molar-refractivity contribution >= 4 is 40.5 Å². The molecule has 0 saturated carbocycles. The lowest BCUT2D eigenvalue weighted by Gasteiger charge is -2.08. The number of halogens is 1. The third-order valence-electron chi connectivity index (χ3n) is 1.50. The van der Waals surface area contributed by atoms with Crippen molar-refractivity contribution in [3.8, 4) is 0 Å². The molecule has 2 amide bonds. The van der Waals surface area contributed by atoms with Crippen molar-refractivity contribution in [2.75, 3.05) is 5.32 Å². The molecule has 0 bridgehead atoms. The van der Waals surface area contributed by atoms with E-state index in [1.54, 1.807) is 12.1 Å². The summed E-state index contributed by atoms with van der Waals surface area (Å²) < 4.78 is 0. The van der Waals surface area contributed by atoms with E-state index in [9.17, 15) is 4.79 Å². The third kappa shape index (κ3) is 2.58. The first-order valence-corrected chi connectivity index (χ1v) is 4.45. The third-order valence-corrected chi connectivity index (χ3v) is 1.96. The van der Waals surface area contributed by atoms with Crippen molar-refractivity contribution in [1.29, 1.82) is 0 Å². The molecule has 0 aliphatic rings. The highest BCUT2D eigenvalue weighted by molar-refractivity contribution is 7.80. The molecule has 0 aromatic heterocycles. The summed E-state index contributed by atoms with van der Waals surface area (Å²) in [5.41, 5.74) is 11.3. The van der Waals surface area contributed by atoms with Crippen molar-refractivity contribution in [2.24, 2.45) is 11.5 Å². The van der Waals surface area contributed by atoms with Crippen molar-refractivity contribution in [2.45, 2.75) is 0 Å². The van der Waals surface area contributed by atoms with Gasteiger partial charge in [-0.25, -0.2) is 4.79 Å². The molecule has 0 spiro atoms. The first-order chi connectivity index (χ1) is 6.50. The van der Waals surface area contributed by atoms with E-state index in [0.717, 1.165) is 0 Å². The van der Waals surface area contributed by atoms with Crippen LogP contribution in [0.1, 0.15) is 5.56 Å². The van der Waals surface area contributed by atoms with Crippen LogP contribution in [0, 0.1) is 0 Å². The fourth-order valence-electron chi connectivity index (χ4n) is 0.967. The second-order valence-corrected chi connectivity index (χ2v) is 3.42. The average molecular weight is 230 g/mol. The monoisotopic (exact) mass is 229 g/mol. The van der Waals surface area contributed by atoms with Crippen LogP contribution in [0.25, 0.3) is 0 Å². The molecule has 1 aromatic rings. The molecule has 6 heteroatoms. The second-order valence-electron chi connectivity index (χ2n) is 2.54. The molecule has 14 heavy (non-hydrogen) atoms. The molecular formula is C8H8ClN3OS. The van der Waals surface area contributed by atoms with Gasteiger partial charge in [0.05, 0.1) is 5.69 Å². The average Bonchev–Trinajstić information content (AvgIpc) is 2.01. The predicted octanol–water partition coefficient (Wildman–Crippen LogP) is 1.46. The Morgan fingerprint density at radius 1 is 1.43 bits per heavy atom. The van der Waals surface area contributed by atoms with Gasteiger partial charge in [0.25, 0.3) is 0 Å².